The smallest absolute Gasteiger partial charge is 0.118 e. The Hall–Kier alpha value is -1.81. The van der Waals surface area contributed by atoms with Crippen molar-refractivity contribution in [2.75, 3.05) is 7.11 Å². The van der Waals surface area contributed by atoms with E-state index in [-0.39, 0.29) is 0 Å². The van der Waals surface area contributed by atoms with E-state index in [2.05, 4.69) is 18.9 Å². The molecule has 0 saturated heterocycles. The normalized spacial score (nSPS) is 12.6. The predicted molar refractivity (Wildman–Crippen MR) is 83.5 cm³/mol. The summed E-state index contributed by atoms with van der Waals surface area (Å²) in [6, 6.07) is 9.94. The van der Waals surface area contributed by atoms with E-state index in [4.69, 9.17) is 4.74 Å². The molecule has 114 valence electrons. The second-order valence-electron chi connectivity index (χ2n) is 5.25. The summed E-state index contributed by atoms with van der Waals surface area (Å²) in [4.78, 5) is 0. The second kappa shape index (κ2) is 7.27. The molecule has 1 aromatic heterocycles. The molecular weight excluding hydrogens is 264 g/mol. The third-order valence-electron chi connectivity index (χ3n) is 3.88. The third kappa shape index (κ3) is 3.85. The zero-order chi connectivity index (χ0) is 15.2. The number of rotatable bonds is 7. The summed E-state index contributed by atoms with van der Waals surface area (Å²) >= 11 is 0. The summed E-state index contributed by atoms with van der Waals surface area (Å²) in [7, 11) is 1.63. The molecule has 2 rings (SSSR count). The van der Waals surface area contributed by atoms with Gasteiger partial charge in [0, 0.05) is 12.6 Å². The van der Waals surface area contributed by atoms with Crippen molar-refractivity contribution in [2.24, 2.45) is 0 Å². The van der Waals surface area contributed by atoms with Crippen LogP contribution in [0.25, 0.3) is 0 Å². The molecule has 0 aliphatic carbocycles. The molecule has 1 unspecified atom stereocenters. The maximum Gasteiger partial charge on any atom is 0.118 e. The molecule has 0 amide bonds. The van der Waals surface area contributed by atoms with Crippen LogP contribution >= 0.6 is 0 Å². The van der Waals surface area contributed by atoms with E-state index in [1.807, 2.05) is 41.2 Å². The molecule has 1 N–H and O–H groups in total. The lowest BCUT2D eigenvalue weighted by molar-refractivity contribution is 0.176. The van der Waals surface area contributed by atoms with E-state index < -0.39 is 6.10 Å². The minimum Gasteiger partial charge on any atom is -0.497 e. The van der Waals surface area contributed by atoms with Crippen molar-refractivity contribution in [1.29, 1.82) is 0 Å². The van der Waals surface area contributed by atoms with Crippen LogP contribution in [0.1, 0.15) is 50.1 Å². The zero-order valence-corrected chi connectivity index (χ0v) is 13.0. The molecule has 4 heteroatoms. The van der Waals surface area contributed by atoms with Gasteiger partial charge in [-0.2, -0.15) is 5.10 Å². The first kappa shape index (κ1) is 15.6. The number of aliphatic hydroxyl groups is 1. The van der Waals surface area contributed by atoms with Crippen molar-refractivity contribution in [3.63, 3.8) is 0 Å². The first-order valence-corrected chi connectivity index (χ1v) is 7.54. The SMILES string of the molecule is CCC(CC)n1ccc(CC(O)c2ccc(OC)cc2)n1. The van der Waals surface area contributed by atoms with Crippen LogP contribution in [0.5, 0.6) is 5.75 Å². The van der Waals surface area contributed by atoms with E-state index in [0.717, 1.165) is 29.8 Å². The Labute approximate surface area is 126 Å². The number of methoxy groups -OCH3 is 1. The molecule has 1 heterocycles. The van der Waals surface area contributed by atoms with Gasteiger partial charge in [-0.3, -0.25) is 4.68 Å². The van der Waals surface area contributed by atoms with Gasteiger partial charge in [0.15, 0.2) is 0 Å². The Morgan fingerprint density at radius 3 is 2.38 bits per heavy atom. The minimum atomic E-state index is -0.541. The van der Waals surface area contributed by atoms with Crippen LogP contribution in [0.2, 0.25) is 0 Å². The highest BCUT2D eigenvalue weighted by molar-refractivity contribution is 5.29. The van der Waals surface area contributed by atoms with Crippen LogP contribution in [0.3, 0.4) is 0 Å². The highest BCUT2D eigenvalue weighted by atomic mass is 16.5. The standard InChI is InChI=1S/C17H24N2O2/c1-4-15(5-2)19-11-10-14(18-19)12-17(20)13-6-8-16(21-3)9-7-13/h6-11,15,17,20H,4-5,12H2,1-3H3. The van der Waals surface area contributed by atoms with Crippen molar-refractivity contribution in [1.82, 2.24) is 9.78 Å². The van der Waals surface area contributed by atoms with Gasteiger partial charge in [-0.15, -0.1) is 0 Å². The largest absolute Gasteiger partial charge is 0.497 e. The number of aromatic nitrogens is 2. The fourth-order valence-corrected chi connectivity index (χ4v) is 2.49. The van der Waals surface area contributed by atoms with Gasteiger partial charge in [-0.25, -0.2) is 0 Å². The summed E-state index contributed by atoms with van der Waals surface area (Å²) in [5, 5.41) is 14.9. The van der Waals surface area contributed by atoms with E-state index in [0.29, 0.717) is 12.5 Å². The molecule has 1 aromatic carbocycles. The zero-order valence-electron chi connectivity index (χ0n) is 13.0. The molecule has 0 aliphatic heterocycles. The molecule has 4 nitrogen and oxygen atoms in total. The number of nitrogens with zero attached hydrogens (tertiary/aromatic N) is 2. The average Bonchev–Trinajstić information content (AvgIpc) is 2.97. The lowest BCUT2D eigenvalue weighted by Crippen LogP contribution is -2.09. The quantitative estimate of drug-likeness (QED) is 0.848. The van der Waals surface area contributed by atoms with Crippen molar-refractivity contribution in [2.45, 2.75) is 45.3 Å². The molecule has 0 aliphatic rings. The Balaban J connectivity index is 2.03. The first-order valence-electron chi connectivity index (χ1n) is 7.54. The van der Waals surface area contributed by atoms with Gasteiger partial charge in [0.2, 0.25) is 0 Å². The Kier molecular flexibility index (Phi) is 5.39. The van der Waals surface area contributed by atoms with Gasteiger partial charge in [0.1, 0.15) is 5.75 Å². The first-order chi connectivity index (χ1) is 10.2. The van der Waals surface area contributed by atoms with Crippen LogP contribution in [0.4, 0.5) is 0 Å². The summed E-state index contributed by atoms with van der Waals surface area (Å²) < 4.78 is 7.13. The van der Waals surface area contributed by atoms with Gasteiger partial charge in [0.05, 0.1) is 24.9 Å². The number of ether oxygens (including phenoxy) is 1. The van der Waals surface area contributed by atoms with Crippen LogP contribution in [-0.4, -0.2) is 22.0 Å². The molecule has 0 saturated carbocycles. The van der Waals surface area contributed by atoms with Crippen molar-refractivity contribution < 1.29 is 9.84 Å². The summed E-state index contributed by atoms with van der Waals surface area (Å²) in [5.41, 5.74) is 1.80. The third-order valence-corrected chi connectivity index (χ3v) is 3.88. The number of hydrogen-bond acceptors (Lipinski definition) is 3. The minimum absolute atomic E-state index is 0.442. The highest BCUT2D eigenvalue weighted by Crippen LogP contribution is 2.21. The van der Waals surface area contributed by atoms with Gasteiger partial charge >= 0.3 is 0 Å². The van der Waals surface area contributed by atoms with Crippen LogP contribution in [-0.2, 0) is 6.42 Å². The molecule has 0 spiro atoms. The lowest BCUT2D eigenvalue weighted by Gasteiger charge is -2.13. The van der Waals surface area contributed by atoms with E-state index in [9.17, 15) is 5.11 Å². The van der Waals surface area contributed by atoms with Crippen molar-refractivity contribution in [3.05, 3.63) is 47.8 Å². The summed E-state index contributed by atoms with van der Waals surface area (Å²) in [6.07, 6.45) is 4.13. The van der Waals surface area contributed by atoms with E-state index in [1.165, 1.54) is 0 Å². The molecule has 2 aromatic rings. The topological polar surface area (TPSA) is 47.3 Å². The van der Waals surface area contributed by atoms with Gasteiger partial charge < -0.3 is 9.84 Å². The van der Waals surface area contributed by atoms with Gasteiger partial charge in [-0.05, 0) is 36.6 Å². The van der Waals surface area contributed by atoms with Crippen LogP contribution in [0.15, 0.2) is 36.5 Å². The molecular formula is C17H24N2O2. The van der Waals surface area contributed by atoms with E-state index in [1.54, 1.807) is 7.11 Å². The van der Waals surface area contributed by atoms with Crippen molar-refractivity contribution in [3.8, 4) is 5.75 Å². The maximum atomic E-state index is 10.3. The number of benzene rings is 1. The predicted octanol–water partition coefficient (Wildman–Crippen LogP) is 3.53. The van der Waals surface area contributed by atoms with Crippen LogP contribution < -0.4 is 4.74 Å². The fourth-order valence-electron chi connectivity index (χ4n) is 2.49. The molecule has 1 atom stereocenters. The lowest BCUT2D eigenvalue weighted by atomic mass is 10.1. The second-order valence-corrected chi connectivity index (χ2v) is 5.25. The molecule has 21 heavy (non-hydrogen) atoms. The Morgan fingerprint density at radius 1 is 1.14 bits per heavy atom. The number of aliphatic hydroxyl groups excluding tert-OH is 1. The highest BCUT2D eigenvalue weighted by Gasteiger charge is 2.13. The summed E-state index contributed by atoms with van der Waals surface area (Å²) in [5.74, 6) is 0.795. The van der Waals surface area contributed by atoms with Crippen molar-refractivity contribution >= 4 is 0 Å². The average molecular weight is 288 g/mol. The number of hydrogen-bond donors (Lipinski definition) is 1. The monoisotopic (exact) mass is 288 g/mol. The Bertz CT molecular complexity index is 544. The maximum absolute atomic E-state index is 10.3. The molecule has 0 bridgehead atoms. The molecule has 0 fully saturated rings. The Morgan fingerprint density at radius 2 is 1.81 bits per heavy atom. The fraction of sp³-hybridized carbons (Fsp3) is 0.471. The molecule has 0 radical (unpaired) electrons. The van der Waals surface area contributed by atoms with Crippen LogP contribution in [0, 0.1) is 0 Å². The van der Waals surface area contributed by atoms with E-state index >= 15 is 0 Å². The van der Waals surface area contributed by atoms with Gasteiger partial charge in [-0.1, -0.05) is 26.0 Å². The van der Waals surface area contributed by atoms with Gasteiger partial charge in [0.25, 0.3) is 0 Å². The summed E-state index contributed by atoms with van der Waals surface area (Å²) in [6.45, 7) is 4.34.